The van der Waals surface area contributed by atoms with E-state index in [0.29, 0.717) is 5.89 Å². The number of carbonyl (C=O) groups is 1. The molecule has 1 amide bonds. The van der Waals surface area contributed by atoms with Gasteiger partial charge in [0.25, 0.3) is 0 Å². The highest BCUT2D eigenvalue weighted by atomic mass is 32.2. The number of halogens is 3. The van der Waals surface area contributed by atoms with Gasteiger partial charge in [-0.25, -0.2) is 0 Å². The molecule has 5 nitrogen and oxygen atoms in total. The average Bonchev–Trinajstić information content (AvgIpc) is 2.59. The standard InChI is InChI=1S/C8H10F3N3O2S/c1-5-12-13-6(16-5)3-14(2)7(15)4-17-8(9,10)11/h3-4H2,1-2H3. The van der Waals surface area contributed by atoms with Crippen molar-refractivity contribution in [2.24, 2.45) is 0 Å². The third-order valence-corrected chi connectivity index (χ3v) is 2.44. The number of amides is 1. The van der Waals surface area contributed by atoms with Gasteiger partial charge in [-0.2, -0.15) is 13.2 Å². The molecule has 0 spiro atoms. The monoisotopic (exact) mass is 269 g/mol. The first-order valence-corrected chi connectivity index (χ1v) is 5.50. The maximum atomic E-state index is 11.9. The summed E-state index contributed by atoms with van der Waals surface area (Å²) in [6.07, 6.45) is 0. The summed E-state index contributed by atoms with van der Waals surface area (Å²) in [5.74, 6) is -0.781. The topological polar surface area (TPSA) is 59.2 Å². The van der Waals surface area contributed by atoms with Gasteiger partial charge in [0.05, 0.1) is 12.3 Å². The Morgan fingerprint density at radius 2 is 2.12 bits per heavy atom. The van der Waals surface area contributed by atoms with E-state index in [9.17, 15) is 18.0 Å². The van der Waals surface area contributed by atoms with Crippen molar-refractivity contribution in [2.45, 2.75) is 19.0 Å². The van der Waals surface area contributed by atoms with Crippen LogP contribution < -0.4 is 0 Å². The fraction of sp³-hybridized carbons (Fsp3) is 0.625. The molecule has 0 radical (unpaired) electrons. The molecule has 0 aliphatic carbocycles. The van der Waals surface area contributed by atoms with E-state index < -0.39 is 17.2 Å². The van der Waals surface area contributed by atoms with Gasteiger partial charge in [0.1, 0.15) is 0 Å². The molecule has 0 aromatic carbocycles. The molecule has 0 saturated heterocycles. The summed E-state index contributed by atoms with van der Waals surface area (Å²) >= 11 is -0.372. The van der Waals surface area contributed by atoms with Crippen molar-refractivity contribution in [1.29, 1.82) is 0 Å². The van der Waals surface area contributed by atoms with E-state index in [1.54, 1.807) is 6.92 Å². The van der Waals surface area contributed by atoms with Gasteiger partial charge in [-0.3, -0.25) is 4.79 Å². The highest BCUT2D eigenvalue weighted by Gasteiger charge is 2.30. The molecule has 1 aromatic rings. The summed E-state index contributed by atoms with van der Waals surface area (Å²) in [6, 6.07) is 0. The number of aromatic nitrogens is 2. The fourth-order valence-electron chi connectivity index (χ4n) is 0.946. The van der Waals surface area contributed by atoms with Crippen LogP contribution >= 0.6 is 11.8 Å². The van der Waals surface area contributed by atoms with Crippen LogP contribution in [0.25, 0.3) is 0 Å². The molecule has 0 aliphatic heterocycles. The van der Waals surface area contributed by atoms with Gasteiger partial charge in [0.15, 0.2) is 0 Å². The lowest BCUT2D eigenvalue weighted by molar-refractivity contribution is -0.128. The Morgan fingerprint density at radius 3 is 2.59 bits per heavy atom. The number of thioether (sulfide) groups is 1. The minimum absolute atomic E-state index is 0.00189. The van der Waals surface area contributed by atoms with E-state index in [1.165, 1.54) is 7.05 Å². The van der Waals surface area contributed by atoms with Gasteiger partial charge < -0.3 is 9.32 Å². The van der Waals surface area contributed by atoms with Crippen LogP contribution in [0.5, 0.6) is 0 Å². The number of aryl methyl sites for hydroxylation is 1. The van der Waals surface area contributed by atoms with Gasteiger partial charge >= 0.3 is 5.51 Å². The van der Waals surface area contributed by atoms with Crippen molar-refractivity contribution in [3.05, 3.63) is 11.8 Å². The van der Waals surface area contributed by atoms with Gasteiger partial charge in [-0.1, -0.05) is 0 Å². The third-order valence-electron chi connectivity index (χ3n) is 1.73. The normalized spacial score (nSPS) is 11.6. The number of carbonyl (C=O) groups excluding carboxylic acids is 1. The molecule has 0 saturated carbocycles. The summed E-state index contributed by atoms with van der Waals surface area (Å²) in [7, 11) is 1.37. The van der Waals surface area contributed by atoms with Gasteiger partial charge in [0.2, 0.25) is 17.7 Å². The maximum absolute atomic E-state index is 11.9. The van der Waals surface area contributed by atoms with E-state index in [0.717, 1.165) is 4.90 Å². The van der Waals surface area contributed by atoms with E-state index in [2.05, 4.69) is 10.2 Å². The van der Waals surface area contributed by atoms with E-state index in [4.69, 9.17) is 4.42 Å². The molecule has 1 rings (SSSR count). The lowest BCUT2D eigenvalue weighted by Gasteiger charge is -2.14. The molecular formula is C8H10F3N3O2S. The van der Waals surface area contributed by atoms with Crippen molar-refractivity contribution in [3.8, 4) is 0 Å². The van der Waals surface area contributed by atoms with E-state index >= 15 is 0 Å². The van der Waals surface area contributed by atoms with Gasteiger partial charge in [-0.05, 0) is 11.8 Å². The minimum Gasteiger partial charge on any atom is -0.424 e. The summed E-state index contributed by atoms with van der Waals surface area (Å²) in [4.78, 5) is 12.4. The first-order chi connectivity index (χ1) is 7.78. The van der Waals surface area contributed by atoms with E-state index in [-0.39, 0.29) is 24.2 Å². The van der Waals surface area contributed by atoms with Gasteiger partial charge in [-0.15, -0.1) is 10.2 Å². The van der Waals surface area contributed by atoms with Crippen LogP contribution in [0.3, 0.4) is 0 Å². The van der Waals surface area contributed by atoms with Crippen LogP contribution in [-0.4, -0.2) is 39.3 Å². The maximum Gasteiger partial charge on any atom is 0.442 e. The quantitative estimate of drug-likeness (QED) is 0.830. The number of hydrogen-bond acceptors (Lipinski definition) is 5. The Bertz CT molecular complexity index is 394. The second-order valence-corrected chi connectivity index (χ2v) is 4.24. The Balaban J connectivity index is 2.42. The van der Waals surface area contributed by atoms with Crippen LogP contribution in [0.4, 0.5) is 13.2 Å². The van der Waals surface area contributed by atoms with Crippen LogP contribution in [0.2, 0.25) is 0 Å². The Morgan fingerprint density at radius 1 is 1.47 bits per heavy atom. The molecule has 1 aromatic heterocycles. The van der Waals surface area contributed by atoms with Crippen LogP contribution in [-0.2, 0) is 11.3 Å². The second kappa shape index (κ2) is 5.39. The fourth-order valence-corrected chi connectivity index (χ4v) is 1.45. The SMILES string of the molecule is Cc1nnc(CN(C)C(=O)CSC(F)(F)F)o1. The molecular weight excluding hydrogens is 259 g/mol. The van der Waals surface area contributed by atoms with Crippen molar-refractivity contribution >= 4 is 17.7 Å². The Hall–Kier alpha value is -1.25. The molecule has 0 unspecified atom stereocenters. The lowest BCUT2D eigenvalue weighted by atomic mass is 10.5. The number of rotatable bonds is 4. The Kier molecular flexibility index (Phi) is 4.38. The van der Waals surface area contributed by atoms with Gasteiger partial charge in [0, 0.05) is 14.0 Å². The number of nitrogens with zero attached hydrogens (tertiary/aromatic N) is 3. The molecule has 96 valence electrons. The zero-order valence-corrected chi connectivity index (χ0v) is 9.93. The average molecular weight is 269 g/mol. The molecule has 0 N–H and O–H groups in total. The summed E-state index contributed by atoms with van der Waals surface area (Å²) in [6.45, 7) is 1.58. The summed E-state index contributed by atoms with van der Waals surface area (Å²) < 4.78 is 40.6. The molecule has 1 heterocycles. The first kappa shape index (κ1) is 13.8. The van der Waals surface area contributed by atoms with Crippen LogP contribution in [0.15, 0.2) is 4.42 Å². The molecule has 0 bridgehead atoms. The predicted octanol–water partition coefficient (Wildman–Crippen LogP) is 1.59. The largest absolute Gasteiger partial charge is 0.442 e. The van der Waals surface area contributed by atoms with Crippen molar-refractivity contribution < 1.29 is 22.4 Å². The molecule has 9 heteroatoms. The highest BCUT2D eigenvalue weighted by Crippen LogP contribution is 2.30. The second-order valence-electron chi connectivity index (χ2n) is 3.20. The molecule has 17 heavy (non-hydrogen) atoms. The van der Waals surface area contributed by atoms with Crippen molar-refractivity contribution in [3.63, 3.8) is 0 Å². The molecule has 0 aliphatic rings. The predicted molar refractivity (Wildman–Crippen MR) is 54.0 cm³/mol. The number of hydrogen-bond donors (Lipinski definition) is 0. The van der Waals surface area contributed by atoms with Crippen molar-refractivity contribution in [1.82, 2.24) is 15.1 Å². The third kappa shape index (κ3) is 5.07. The molecule has 0 fully saturated rings. The zero-order chi connectivity index (χ0) is 13.1. The summed E-state index contributed by atoms with van der Waals surface area (Å²) in [5.41, 5.74) is -4.41. The minimum atomic E-state index is -4.41. The first-order valence-electron chi connectivity index (χ1n) is 4.51. The molecule has 0 atom stereocenters. The number of alkyl halides is 3. The Labute approximate surface area is 99.4 Å². The summed E-state index contributed by atoms with van der Waals surface area (Å²) in [5, 5.41) is 7.18. The van der Waals surface area contributed by atoms with Crippen LogP contribution in [0, 0.1) is 6.92 Å². The zero-order valence-electron chi connectivity index (χ0n) is 9.11. The van der Waals surface area contributed by atoms with Crippen molar-refractivity contribution in [2.75, 3.05) is 12.8 Å². The smallest absolute Gasteiger partial charge is 0.424 e. The lowest BCUT2D eigenvalue weighted by Crippen LogP contribution is -2.28. The van der Waals surface area contributed by atoms with E-state index in [1.807, 2.05) is 0 Å². The van der Waals surface area contributed by atoms with Crippen LogP contribution in [0.1, 0.15) is 11.8 Å². The highest BCUT2D eigenvalue weighted by molar-refractivity contribution is 8.00.